The molecule has 1 heterocycles. The average Bonchev–Trinajstić information content (AvgIpc) is 3.44. The fourth-order valence-electron chi connectivity index (χ4n) is 3.18. The molecule has 2 fully saturated rings. The first-order chi connectivity index (χ1) is 11.3. The Morgan fingerprint density at radius 1 is 1.04 bits per heavy atom. The van der Waals surface area contributed by atoms with Gasteiger partial charge in [0.15, 0.2) is 0 Å². The SMILES string of the molecule is CCCOc1ccc(CCC(=O)N2CCC(=C3CC3)CC2)cc1. The number of hydrogen-bond acceptors (Lipinski definition) is 2. The van der Waals surface area contributed by atoms with Crippen LogP contribution in [-0.2, 0) is 11.2 Å². The Morgan fingerprint density at radius 2 is 1.70 bits per heavy atom. The highest BCUT2D eigenvalue weighted by Gasteiger charge is 2.24. The molecule has 0 radical (unpaired) electrons. The average molecular weight is 313 g/mol. The molecular formula is C20H27NO2. The first kappa shape index (κ1) is 16.1. The second kappa shape index (κ2) is 7.67. The predicted molar refractivity (Wildman–Crippen MR) is 92.6 cm³/mol. The molecule has 0 unspecified atom stereocenters. The van der Waals surface area contributed by atoms with Crippen LogP contribution in [0.25, 0.3) is 0 Å². The van der Waals surface area contributed by atoms with Crippen molar-refractivity contribution in [3.05, 3.63) is 41.0 Å². The number of carbonyl (C=O) groups excluding carboxylic acids is 1. The molecule has 3 rings (SSSR count). The number of hydrogen-bond donors (Lipinski definition) is 0. The van der Waals surface area contributed by atoms with Gasteiger partial charge in [-0.15, -0.1) is 0 Å². The molecule has 1 aromatic carbocycles. The van der Waals surface area contributed by atoms with Gasteiger partial charge in [-0.1, -0.05) is 30.2 Å². The molecule has 1 aliphatic heterocycles. The highest BCUT2D eigenvalue weighted by Crippen LogP contribution is 2.36. The molecule has 1 amide bonds. The van der Waals surface area contributed by atoms with Gasteiger partial charge < -0.3 is 9.64 Å². The van der Waals surface area contributed by atoms with E-state index in [1.165, 1.54) is 18.4 Å². The quantitative estimate of drug-likeness (QED) is 0.739. The van der Waals surface area contributed by atoms with Gasteiger partial charge in [0.2, 0.25) is 5.91 Å². The van der Waals surface area contributed by atoms with Crippen LogP contribution in [0.2, 0.25) is 0 Å². The molecule has 1 aromatic rings. The Kier molecular flexibility index (Phi) is 5.37. The minimum atomic E-state index is 0.302. The van der Waals surface area contributed by atoms with E-state index in [0.717, 1.165) is 51.1 Å². The van der Waals surface area contributed by atoms with Gasteiger partial charge in [0, 0.05) is 19.5 Å². The van der Waals surface area contributed by atoms with Crippen LogP contribution < -0.4 is 4.74 Å². The normalized spacial score (nSPS) is 17.3. The van der Waals surface area contributed by atoms with Crippen molar-refractivity contribution >= 4 is 5.91 Å². The van der Waals surface area contributed by atoms with Crippen LogP contribution in [-0.4, -0.2) is 30.5 Å². The summed E-state index contributed by atoms with van der Waals surface area (Å²) >= 11 is 0. The van der Waals surface area contributed by atoms with Crippen molar-refractivity contribution in [1.82, 2.24) is 4.90 Å². The largest absolute Gasteiger partial charge is 0.494 e. The van der Waals surface area contributed by atoms with Gasteiger partial charge in [-0.05, 0) is 56.2 Å². The van der Waals surface area contributed by atoms with E-state index >= 15 is 0 Å². The Morgan fingerprint density at radius 3 is 2.30 bits per heavy atom. The molecule has 1 saturated heterocycles. The van der Waals surface area contributed by atoms with Gasteiger partial charge in [-0.2, -0.15) is 0 Å². The molecule has 0 spiro atoms. The molecule has 3 heteroatoms. The lowest BCUT2D eigenvalue weighted by atomic mass is 10.0. The van der Waals surface area contributed by atoms with Crippen LogP contribution >= 0.6 is 0 Å². The fraction of sp³-hybridized carbons (Fsp3) is 0.550. The summed E-state index contributed by atoms with van der Waals surface area (Å²) in [5, 5.41) is 0. The molecular weight excluding hydrogens is 286 g/mol. The van der Waals surface area contributed by atoms with Crippen LogP contribution in [0, 0.1) is 0 Å². The second-order valence-electron chi connectivity index (χ2n) is 6.58. The van der Waals surface area contributed by atoms with Crippen LogP contribution in [0.5, 0.6) is 5.75 Å². The maximum Gasteiger partial charge on any atom is 0.222 e. The van der Waals surface area contributed by atoms with Gasteiger partial charge in [0.05, 0.1) is 6.61 Å². The van der Waals surface area contributed by atoms with E-state index < -0.39 is 0 Å². The van der Waals surface area contributed by atoms with Gasteiger partial charge in [0.1, 0.15) is 5.75 Å². The third kappa shape index (κ3) is 4.60. The highest BCUT2D eigenvalue weighted by molar-refractivity contribution is 5.76. The van der Waals surface area contributed by atoms with Gasteiger partial charge in [-0.25, -0.2) is 0 Å². The van der Waals surface area contributed by atoms with Crippen LogP contribution in [0.1, 0.15) is 51.0 Å². The number of allylic oxidation sites excluding steroid dienone is 1. The molecule has 124 valence electrons. The number of likely N-dealkylation sites (tertiary alicyclic amines) is 1. The minimum absolute atomic E-state index is 0.302. The van der Waals surface area contributed by atoms with E-state index in [1.807, 2.05) is 17.0 Å². The zero-order valence-corrected chi connectivity index (χ0v) is 14.1. The topological polar surface area (TPSA) is 29.5 Å². The lowest BCUT2D eigenvalue weighted by Gasteiger charge is -2.28. The monoisotopic (exact) mass is 313 g/mol. The third-order valence-corrected chi connectivity index (χ3v) is 4.74. The van der Waals surface area contributed by atoms with Gasteiger partial charge in [0.25, 0.3) is 0 Å². The standard InChI is InChI=1S/C20H27NO2/c1-2-15-23-19-8-3-16(4-9-19)5-10-20(22)21-13-11-18(12-14-21)17-6-7-17/h3-4,8-9H,2,5-7,10-15H2,1H3. The van der Waals surface area contributed by atoms with Crippen molar-refractivity contribution in [2.75, 3.05) is 19.7 Å². The summed E-state index contributed by atoms with van der Waals surface area (Å²) in [4.78, 5) is 14.4. The maximum atomic E-state index is 12.4. The van der Waals surface area contributed by atoms with Crippen LogP contribution in [0.4, 0.5) is 0 Å². The van der Waals surface area contributed by atoms with Gasteiger partial charge in [-0.3, -0.25) is 4.79 Å². The summed E-state index contributed by atoms with van der Waals surface area (Å²) in [6.45, 7) is 4.69. The van der Waals surface area contributed by atoms with Crippen molar-refractivity contribution in [1.29, 1.82) is 0 Å². The summed E-state index contributed by atoms with van der Waals surface area (Å²) in [6, 6.07) is 8.16. The number of piperidine rings is 1. The summed E-state index contributed by atoms with van der Waals surface area (Å²) < 4.78 is 5.59. The zero-order chi connectivity index (χ0) is 16.1. The first-order valence-electron chi connectivity index (χ1n) is 8.95. The van der Waals surface area contributed by atoms with E-state index in [0.29, 0.717) is 12.3 Å². The van der Waals surface area contributed by atoms with Crippen molar-refractivity contribution in [2.45, 2.75) is 51.9 Å². The predicted octanol–water partition coefficient (Wildman–Crippen LogP) is 4.12. The second-order valence-corrected chi connectivity index (χ2v) is 6.58. The van der Waals surface area contributed by atoms with E-state index in [2.05, 4.69) is 19.1 Å². The summed E-state index contributed by atoms with van der Waals surface area (Å²) in [7, 11) is 0. The molecule has 1 aliphatic carbocycles. The third-order valence-electron chi connectivity index (χ3n) is 4.74. The molecule has 0 atom stereocenters. The lowest BCUT2D eigenvalue weighted by Crippen LogP contribution is -2.36. The van der Waals surface area contributed by atoms with E-state index in [1.54, 1.807) is 11.1 Å². The van der Waals surface area contributed by atoms with E-state index in [-0.39, 0.29) is 0 Å². The number of rotatable bonds is 6. The molecule has 2 aliphatic rings. The summed E-state index contributed by atoms with van der Waals surface area (Å²) in [6.07, 6.45) is 7.26. The van der Waals surface area contributed by atoms with Crippen LogP contribution in [0.15, 0.2) is 35.4 Å². The van der Waals surface area contributed by atoms with Crippen molar-refractivity contribution in [3.63, 3.8) is 0 Å². The van der Waals surface area contributed by atoms with Crippen molar-refractivity contribution < 1.29 is 9.53 Å². The fourth-order valence-corrected chi connectivity index (χ4v) is 3.18. The number of aryl methyl sites for hydroxylation is 1. The van der Waals surface area contributed by atoms with Gasteiger partial charge >= 0.3 is 0 Å². The van der Waals surface area contributed by atoms with Crippen molar-refractivity contribution in [2.24, 2.45) is 0 Å². The number of amides is 1. The number of carbonyl (C=O) groups is 1. The Balaban J connectivity index is 1.42. The first-order valence-corrected chi connectivity index (χ1v) is 8.95. The number of ether oxygens (including phenoxy) is 1. The maximum absolute atomic E-state index is 12.4. The molecule has 0 N–H and O–H groups in total. The molecule has 1 saturated carbocycles. The molecule has 0 aromatic heterocycles. The van der Waals surface area contributed by atoms with E-state index in [4.69, 9.17) is 4.74 Å². The lowest BCUT2D eigenvalue weighted by molar-refractivity contribution is -0.131. The summed E-state index contributed by atoms with van der Waals surface area (Å²) in [5.74, 6) is 1.22. The Bertz CT molecular complexity index is 558. The molecule has 0 bridgehead atoms. The molecule has 23 heavy (non-hydrogen) atoms. The van der Waals surface area contributed by atoms with Crippen LogP contribution in [0.3, 0.4) is 0 Å². The van der Waals surface area contributed by atoms with Crippen molar-refractivity contribution in [3.8, 4) is 5.75 Å². The highest BCUT2D eigenvalue weighted by atomic mass is 16.5. The van der Waals surface area contributed by atoms with E-state index in [9.17, 15) is 4.79 Å². The Hall–Kier alpha value is -1.77. The number of benzene rings is 1. The minimum Gasteiger partial charge on any atom is -0.494 e. The smallest absolute Gasteiger partial charge is 0.222 e. The zero-order valence-electron chi connectivity index (χ0n) is 14.1. The summed E-state index contributed by atoms with van der Waals surface area (Å²) in [5.41, 5.74) is 4.51. The molecule has 3 nitrogen and oxygen atoms in total. The number of nitrogens with zero attached hydrogens (tertiary/aromatic N) is 1. The Labute approximate surface area is 139 Å².